The fourth-order valence-electron chi connectivity index (χ4n) is 2.02. The molecule has 6 heteroatoms. The molecule has 1 amide bonds. The van der Waals surface area contributed by atoms with Crippen LogP contribution in [0.25, 0.3) is 0 Å². The van der Waals surface area contributed by atoms with E-state index in [0.29, 0.717) is 27.2 Å². The summed E-state index contributed by atoms with van der Waals surface area (Å²) in [4.78, 5) is 12.1. The number of benzene rings is 2. The fraction of sp³-hybridized carbons (Fsp3) is 0.133. The Balaban J connectivity index is 1.70. The molecule has 2 aromatic rings. The van der Waals surface area contributed by atoms with Gasteiger partial charge in [-0.05, 0) is 35.9 Å². The van der Waals surface area contributed by atoms with E-state index in [9.17, 15) is 4.79 Å². The second kappa shape index (κ2) is 5.84. The maximum atomic E-state index is 12.1. The van der Waals surface area contributed by atoms with Crippen LogP contribution < -0.4 is 14.8 Å². The number of carbonyl (C=O) groups excluding carboxylic acids is 1. The van der Waals surface area contributed by atoms with E-state index in [1.165, 1.54) is 0 Å². The molecule has 1 N–H and O–H groups in total. The lowest BCUT2D eigenvalue weighted by Gasteiger charge is -2.08. The van der Waals surface area contributed by atoms with Gasteiger partial charge in [0.1, 0.15) is 0 Å². The first kappa shape index (κ1) is 14.0. The van der Waals surface area contributed by atoms with E-state index in [-0.39, 0.29) is 19.1 Å². The molecule has 108 valence electrons. The van der Waals surface area contributed by atoms with E-state index >= 15 is 0 Å². The van der Waals surface area contributed by atoms with Gasteiger partial charge in [-0.2, -0.15) is 0 Å². The summed E-state index contributed by atoms with van der Waals surface area (Å²) < 4.78 is 10.5. The van der Waals surface area contributed by atoms with E-state index in [1.807, 2.05) is 6.07 Å². The van der Waals surface area contributed by atoms with Crippen molar-refractivity contribution in [2.45, 2.75) is 6.42 Å². The van der Waals surface area contributed by atoms with Crippen LogP contribution in [0.5, 0.6) is 11.5 Å². The van der Waals surface area contributed by atoms with Gasteiger partial charge in [0.15, 0.2) is 11.5 Å². The standard InChI is InChI=1S/C15H11Cl2NO3/c16-10-2-3-11(17)12(7-10)18-15(19)6-9-1-4-13-14(5-9)21-8-20-13/h1-5,7H,6,8H2,(H,18,19). The van der Waals surface area contributed by atoms with Gasteiger partial charge in [-0.3, -0.25) is 4.79 Å². The molecule has 2 aromatic carbocycles. The van der Waals surface area contributed by atoms with Gasteiger partial charge >= 0.3 is 0 Å². The number of fused-ring (bicyclic) bond motifs is 1. The van der Waals surface area contributed by atoms with Crippen LogP contribution in [-0.4, -0.2) is 12.7 Å². The lowest BCUT2D eigenvalue weighted by Crippen LogP contribution is -2.14. The quantitative estimate of drug-likeness (QED) is 0.931. The summed E-state index contributed by atoms with van der Waals surface area (Å²) in [5.41, 5.74) is 1.32. The van der Waals surface area contributed by atoms with Crippen molar-refractivity contribution in [2.75, 3.05) is 12.1 Å². The average Bonchev–Trinajstić information content (AvgIpc) is 2.90. The van der Waals surface area contributed by atoms with Crippen LogP contribution in [0.4, 0.5) is 5.69 Å². The summed E-state index contributed by atoms with van der Waals surface area (Å²) in [5.74, 6) is 1.16. The maximum absolute atomic E-state index is 12.1. The van der Waals surface area contributed by atoms with Gasteiger partial charge in [0, 0.05) is 5.02 Å². The smallest absolute Gasteiger partial charge is 0.231 e. The van der Waals surface area contributed by atoms with Crippen molar-refractivity contribution >= 4 is 34.8 Å². The Morgan fingerprint density at radius 2 is 1.90 bits per heavy atom. The monoisotopic (exact) mass is 323 g/mol. The number of hydrogen-bond acceptors (Lipinski definition) is 3. The highest BCUT2D eigenvalue weighted by molar-refractivity contribution is 6.35. The zero-order chi connectivity index (χ0) is 14.8. The molecule has 0 atom stereocenters. The minimum Gasteiger partial charge on any atom is -0.454 e. The van der Waals surface area contributed by atoms with Crippen LogP contribution >= 0.6 is 23.2 Å². The van der Waals surface area contributed by atoms with Crippen LogP contribution in [0.3, 0.4) is 0 Å². The highest BCUT2D eigenvalue weighted by Gasteiger charge is 2.15. The van der Waals surface area contributed by atoms with E-state index < -0.39 is 0 Å². The van der Waals surface area contributed by atoms with Gasteiger partial charge < -0.3 is 14.8 Å². The third-order valence-corrected chi connectivity index (χ3v) is 3.57. The van der Waals surface area contributed by atoms with E-state index in [2.05, 4.69) is 5.32 Å². The van der Waals surface area contributed by atoms with Crippen molar-refractivity contribution in [1.29, 1.82) is 0 Å². The number of amides is 1. The first-order valence-electron chi connectivity index (χ1n) is 6.25. The summed E-state index contributed by atoms with van der Waals surface area (Å²) in [6.45, 7) is 0.211. The number of hydrogen-bond donors (Lipinski definition) is 1. The normalized spacial score (nSPS) is 12.3. The lowest BCUT2D eigenvalue weighted by molar-refractivity contribution is -0.115. The molecule has 0 saturated heterocycles. The van der Waals surface area contributed by atoms with Gasteiger partial charge in [0.25, 0.3) is 0 Å². The zero-order valence-corrected chi connectivity index (χ0v) is 12.4. The van der Waals surface area contributed by atoms with Crippen molar-refractivity contribution in [3.63, 3.8) is 0 Å². The number of nitrogens with one attached hydrogen (secondary N) is 1. The molecule has 0 radical (unpaired) electrons. The number of ether oxygens (including phenoxy) is 2. The highest BCUT2D eigenvalue weighted by atomic mass is 35.5. The van der Waals surface area contributed by atoms with Gasteiger partial charge in [0.2, 0.25) is 12.7 Å². The topological polar surface area (TPSA) is 47.6 Å². The molecule has 0 unspecified atom stereocenters. The Morgan fingerprint density at radius 1 is 1.10 bits per heavy atom. The highest BCUT2D eigenvalue weighted by Crippen LogP contribution is 2.32. The van der Waals surface area contributed by atoms with Crippen molar-refractivity contribution in [2.24, 2.45) is 0 Å². The first-order valence-corrected chi connectivity index (χ1v) is 7.01. The molecule has 0 aromatic heterocycles. The third kappa shape index (κ3) is 3.23. The van der Waals surface area contributed by atoms with Gasteiger partial charge in [-0.15, -0.1) is 0 Å². The molecule has 0 fully saturated rings. The number of carbonyl (C=O) groups is 1. The lowest BCUT2D eigenvalue weighted by atomic mass is 10.1. The Kier molecular flexibility index (Phi) is 3.90. The minimum atomic E-state index is -0.182. The number of anilines is 1. The molecule has 3 rings (SSSR count). The molecular formula is C15H11Cl2NO3. The summed E-state index contributed by atoms with van der Waals surface area (Å²) in [7, 11) is 0. The van der Waals surface area contributed by atoms with Crippen LogP contribution in [0.2, 0.25) is 10.0 Å². The van der Waals surface area contributed by atoms with E-state index in [0.717, 1.165) is 5.56 Å². The Morgan fingerprint density at radius 3 is 2.76 bits per heavy atom. The molecule has 0 bridgehead atoms. The van der Waals surface area contributed by atoms with Crippen LogP contribution in [0.1, 0.15) is 5.56 Å². The predicted octanol–water partition coefficient (Wildman–Crippen LogP) is 3.90. The summed E-state index contributed by atoms with van der Waals surface area (Å²) in [5, 5.41) is 3.69. The average molecular weight is 324 g/mol. The van der Waals surface area contributed by atoms with Crippen molar-refractivity contribution in [1.82, 2.24) is 0 Å². The molecule has 1 aliphatic heterocycles. The molecule has 0 saturated carbocycles. The molecule has 1 aliphatic rings. The van der Waals surface area contributed by atoms with E-state index in [4.69, 9.17) is 32.7 Å². The molecule has 0 spiro atoms. The van der Waals surface area contributed by atoms with Crippen molar-refractivity contribution in [3.8, 4) is 11.5 Å². The summed E-state index contributed by atoms with van der Waals surface area (Å²) >= 11 is 11.9. The largest absolute Gasteiger partial charge is 0.454 e. The van der Waals surface area contributed by atoms with Crippen molar-refractivity contribution < 1.29 is 14.3 Å². The third-order valence-electron chi connectivity index (χ3n) is 3.00. The Hall–Kier alpha value is -1.91. The minimum absolute atomic E-state index is 0.182. The van der Waals surface area contributed by atoms with Gasteiger partial charge in [0.05, 0.1) is 17.1 Å². The molecule has 21 heavy (non-hydrogen) atoms. The first-order chi connectivity index (χ1) is 10.1. The van der Waals surface area contributed by atoms with Crippen LogP contribution in [0, 0.1) is 0 Å². The van der Waals surface area contributed by atoms with Crippen molar-refractivity contribution in [3.05, 3.63) is 52.0 Å². The SMILES string of the molecule is O=C(Cc1ccc2c(c1)OCO2)Nc1cc(Cl)ccc1Cl. The maximum Gasteiger partial charge on any atom is 0.231 e. The summed E-state index contributed by atoms with van der Waals surface area (Å²) in [6.07, 6.45) is 0.208. The predicted molar refractivity (Wildman–Crippen MR) is 81.4 cm³/mol. The molecule has 0 aliphatic carbocycles. The van der Waals surface area contributed by atoms with Gasteiger partial charge in [-0.1, -0.05) is 29.3 Å². The molecule has 1 heterocycles. The van der Waals surface area contributed by atoms with Crippen LogP contribution in [0.15, 0.2) is 36.4 Å². The summed E-state index contributed by atoms with van der Waals surface area (Å²) in [6, 6.07) is 10.3. The number of halogens is 2. The second-order valence-corrected chi connectivity index (χ2v) is 5.38. The van der Waals surface area contributed by atoms with Gasteiger partial charge in [-0.25, -0.2) is 0 Å². The second-order valence-electron chi connectivity index (χ2n) is 4.54. The fourth-order valence-corrected chi connectivity index (χ4v) is 2.36. The Labute approximate surface area is 131 Å². The van der Waals surface area contributed by atoms with E-state index in [1.54, 1.807) is 30.3 Å². The Bertz CT molecular complexity index is 703. The molecule has 4 nitrogen and oxygen atoms in total. The van der Waals surface area contributed by atoms with Crippen LogP contribution in [-0.2, 0) is 11.2 Å². The molecular weight excluding hydrogens is 313 g/mol. The zero-order valence-electron chi connectivity index (χ0n) is 10.9. The number of rotatable bonds is 3.